The third-order valence-electron chi connectivity index (χ3n) is 4.23. The van der Waals surface area contributed by atoms with E-state index in [0.29, 0.717) is 10.6 Å². The van der Waals surface area contributed by atoms with Gasteiger partial charge in [0.1, 0.15) is 5.00 Å². The highest BCUT2D eigenvalue weighted by Gasteiger charge is 2.27. The van der Waals surface area contributed by atoms with Crippen molar-refractivity contribution in [2.24, 2.45) is 12.8 Å². The van der Waals surface area contributed by atoms with Crippen molar-refractivity contribution in [2.75, 3.05) is 18.4 Å². The van der Waals surface area contributed by atoms with Crippen LogP contribution in [0.5, 0.6) is 0 Å². The van der Waals surface area contributed by atoms with Gasteiger partial charge >= 0.3 is 0 Å². The van der Waals surface area contributed by atoms with E-state index in [1.807, 2.05) is 0 Å². The summed E-state index contributed by atoms with van der Waals surface area (Å²) >= 11 is 6.67. The maximum absolute atomic E-state index is 12.1. The van der Waals surface area contributed by atoms with Crippen molar-refractivity contribution in [1.82, 2.24) is 20.0 Å². The number of thiocarbonyl (C=S) groups is 1. The van der Waals surface area contributed by atoms with Crippen molar-refractivity contribution in [3.8, 4) is 0 Å². The summed E-state index contributed by atoms with van der Waals surface area (Å²) in [6, 6.07) is 1.59. The first-order valence-corrected chi connectivity index (χ1v) is 9.40. The van der Waals surface area contributed by atoms with Crippen molar-refractivity contribution < 1.29 is 9.59 Å². The summed E-state index contributed by atoms with van der Waals surface area (Å²) in [4.78, 5) is 27.5. The number of likely N-dealkylation sites (N-methyl/N-ethyl adjacent to an activating group) is 1. The van der Waals surface area contributed by atoms with Crippen molar-refractivity contribution >= 4 is 45.5 Å². The molecule has 2 aromatic heterocycles. The predicted molar refractivity (Wildman–Crippen MR) is 104 cm³/mol. The van der Waals surface area contributed by atoms with Gasteiger partial charge in [-0.15, -0.1) is 11.3 Å². The van der Waals surface area contributed by atoms with Crippen LogP contribution in [0, 0.1) is 0 Å². The number of anilines is 1. The van der Waals surface area contributed by atoms with Gasteiger partial charge in [-0.25, -0.2) is 0 Å². The first-order valence-electron chi connectivity index (χ1n) is 8.17. The molecule has 138 valence electrons. The number of thiophene rings is 1. The molecule has 4 N–H and O–H groups in total. The molecular formula is C16H20N6O2S2. The second-order valence-corrected chi connectivity index (χ2v) is 7.49. The number of primary amides is 1. The van der Waals surface area contributed by atoms with Gasteiger partial charge in [-0.1, -0.05) is 6.92 Å². The minimum absolute atomic E-state index is 0.106. The largest absolute Gasteiger partial charge is 0.365 e. The molecule has 26 heavy (non-hydrogen) atoms. The van der Waals surface area contributed by atoms with Crippen LogP contribution in [0.3, 0.4) is 0 Å². The molecule has 0 fully saturated rings. The summed E-state index contributed by atoms with van der Waals surface area (Å²) in [7, 11) is 1.72. The van der Waals surface area contributed by atoms with Crippen LogP contribution in [0.2, 0.25) is 0 Å². The van der Waals surface area contributed by atoms with E-state index >= 15 is 0 Å². The molecule has 3 heterocycles. The number of hydrogen-bond acceptors (Lipinski definition) is 6. The molecule has 1 aliphatic rings. The second-order valence-electron chi connectivity index (χ2n) is 5.97. The molecule has 0 bridgehead atoms. The number of amides is 2. The van der Waals surface area contributed by atoms with Crippen LogP contribution in [-0.2, 0) is 20.0 Å². The first-order chi connectivity index (χ1) is 12.4. The lowest BCUT2D eigenvalue weighted by Crippen LogP contribution is -2.34. The SMILES string of the molecule is CCN1CCc2c(sc(NC(=S)NC(=O)c3ccn(C)n3)c2C(N)=O)C1. The van der Waals surface area contributed by atoms with Crippen molar-refractivity contribution in [3.63, 3.8) is 0 Å². The van der Waals surface area contributed by atoms with E-state index in [2.05, 4.69) is 27.6 Å². The molecule has 0 unspecified atom stereocenters. The van der Waals surface area contributed by atoms with Gasteiger partial charge in [0.05, 0.1) is 5.56 Å². The molecule has 0 saturated carbocycles. The van der Waals surface area contributed by atoms with Gasteiger partial charge in [0.2, 0.25) is 0 Å². The van der Waals surface area contributed by atoms with E-state index in [-0.39, 0.29) is 10.8 Å². The van der Waals surface area contributed by atoms with Gasteiger partial charge in [-0.3, -0.25) is 24.5 Å². The summed E-state index contributed by atoms with van der Waals surface area (Å²) in [5.41, 5.74) is 7.30. The number of aryl methyl sites for hydroxylation is 1. The van der Waals surface area contributed by atoms with Gasteiger partial charge in [-0.2, -0.15) is 5.10 Å². The Morgan fingerprint density at radius 1 is 1.46 bits per heavy atom. The van der Waals surface area contributed by atoms with E-state index in [0.717, 1.165) is 36.5 Å². The number of fused-ring (bicyclic) bond motifs is 1. The summed E-state index contributed by atoms with van der Waals surface area (Å²) in [5.74, 6) is -0.906. The zero-order valence-electron chi connectivity index (χ0n) is 14.5. The Labute approximate surface area is 160 Å². The fraction of sp³-hybridized carbons (Fsp3) is 0.375. The molecule has 10 heteroatoms. The second kappa shape index (κ2) is 7.52. The van der Waals surface area contributed by atoms with Crippen molar-refractivity contribution in [3.05, 3.63) is 34.0 Å². The first kappa shape index (κ1) is 18.5. The number of aromatic nitrogens is 2. The molecular weight excluding hydrogens is 372 g/mol. The van der Waals surface area contributed by atoms with Crippen LogP contribution in [0.1, 0.15) is 38.2 Å². The quantitative estimate of drug-likeness (QED) is 0.673. The number of rotatable bonds is 4. The molecule has 1 aliphatic heterocycles. The number of carbonyl (C=O) groups is 2. The van der Waals surface area contributed by atoms with E-state index in [9.17, 15) is 9.59 Å². The highest BCUT2D eigenvalue weighted by molar-refractivity contribution is 7.80. The zero-order chi connectivity index (χ0) is 18.8. The summed E-state index contributed by atoms with van der Waals surface area (Å²) in [6.07, 6.45) is 2.44. The highest BCUT2D eigenvalue weighted by atomic mass is 32.1. The number of nitrogens with two attached hydrogens (primary N) is 1. The van der Waals surface area contributed by atoms with Gasteiger partial charge in [-0.05, 0) is 36.8 Å². The highest BCUT2D eigenvalue weighted by Crippen LogP contribution is 2.36. The maximum atomic E-state index is 12.1. The van der Waals surface area contributed by atoms with Gasteiger partial charge in [0.25, 0.3) is 11.8 Å². The molecule has 0 aliphatic carbocycles. The standard InChI is InChI=1S/C16H20N6O2S2/c1-3-22-7-4-9-11(8-22)26-15(12(9)13(17)23)19-16(25)18-14(24)10-5-6-21(2)20-10/h5-6H,3-4,7-8H2,1-2H3,(H2,17,23)(H2,18,19,24,25). The molecule has 0 aromatic carbocycles. The molecule has 2 aromatic rings. The number of carbonyl (C=O) groups excluding carboxylic acids is 2. The number of nitrogens with zero attached hydrogens (tertiary/aromatic N) is 3. The van der Waals surface area contributed by atoms with E-state index in [1.54, 1.807) is 19.3 Å². The normalized spacial score (nSPS) is 13.9. The van der Waals surface area contributed by atoms with Crippen LogP contribution < -0.4 is 16.4 Å². The number of nitrogens with one attached hydrogen (secondary N) is 2. The van der Waals surface area contributed by atoms with Crippen molar-refractivity contribution in [1.29, 1.82) is 0 Å². The Bertz CT molecular complexity index is 872. The maximum Gasteiger partial charge on any atom is 0.277 e. The Kier molecular flexibility index (Phi) is 5.35. The lowest BCUT2D eigenvalue weighted by Gasteiger charge is -2.25. The topological polar surface area (TPSA) is 105 Å². The fourth-order valence-electron chi connectivity index (χ4n) is 2.91. The average molecular weight is 393 g/mol. The average Bonchev–Trinajstić information content (AvgIpc) is 3.16. The number of hydrogen-bond donors (Lipinski definition) is 3. The zero-order valence-corrected chi connectivity index (χ0v) is 16.2. The van der Waals surface area contributed by atoms with Crippen LogP contribution in [0.15, 0.2) is 12.3 Å². The Morgan fingerprint density at radius 2 is 2.23 bits per heavy atom. The lowest BCUT2D eigenvalue weighted by atomic mass is 10.0. The van der Waals surface area contributed by atoms with E-state index in [1.165, 1.54) is 16.0 Å². The van der Waals surface area contributed by atoms with Crippen LogP contribution in [0.25, 0.3) is 0 Å². The van der Waals surface area contributed by atoms with Crippen LogP contribution >= 0.6 is 23.6 Å². The molecule has 0 radical (unpaired) electrons. The van der Waals surface area contributed by atoms with Gasteiger partial charge in [0, 0.05) is 31.2 Å². The molecule has 0 spiro atoms. The van der Waals surface area contributed by atoms with Crippen LogP contribution in [0.4, 0.5) is 5.00 Å². The smallest absolute Gasteiger partial charge is 0.277 e. The van der Waals surface area contributed by atoms with Gasteiger partial charge < -0.3 is 11.1 Å². The Balaban J connectivity index is 1.76. The third-order valence-corrected chi connectivity index (χ3v) is 5.57. The molecule has 3 rings (SSSR count). The summed E-state index contributed by atoms with van der Waals surface area (Å²) in [5, 5.41) is 10.2. The van der Waals surface area contributed by atoms with E-state index < -0.39 is 11.8 Å². The Hall–Kier alpha value is -2.30. The Morgan fingerprint density at radius 3 is 2.85 bits per heavy atom. The summed E-state index contributed by atoms with van der Waals surface area (Å²) in [6.45, 7) is 4.73. The monoisotopic (exact) mass is 392 g/mol. The third kappa shape index (κ3) is 3.76. The van der Waals surface area contributed by atoms with E-state index in [4.69, 9.17) is 18.0 Å². The minimum atomic E-state index is -0.492. The van der Waals surface area contributed by atoms with Gasteiger partial charge in [0.15, 0.2) is 10.8 Å². The predicted octanol–water partition coefficient (Wildman–Crippen LogP) is 1.09. The molecule has 8 nitrogen and oxygen atoms in total. The minimum Gasteiger partial charge on any atom is -0.365 e. The molecule has 2 amide bonds. The molecule has 0 saturated heterocycles. The lowest BCUT2D eigenvalue weighted by molar-refractivity contribution is 0.0970. The summed E-state index contributed by atoms with van der Waals surface area (Å²) < 4.78 is 1.53. The van der Waals surface area contributed by atoms with Crippen molar-refractivity contribution in [2.45, 2.75) is 19.9 Å². The van der Waals surface area contributed by atoms with Crippen LogP contribution in [-0.4, -0.2) is 44.7 Å². The fourth-order valence-corrected chi connectivity index (χ4v) is 4.47. The molecule has 0 atom stereocenters.